The maximum Gasteiger partial charge on any atom is 0.416 e. The maximum atomic E-state index is 12.8. The van der Waals surface area contributed by atoms with Crippen LogP contribution in [0.1, 0.15) is 15.9 Å². The van der Waals surface area contributed by atoms with Crippen LogP contribution in [0.3, 0.4) is 0 Å². The highest BCUT2D eigenvalue weighted by atomic mass is 19.4. The number of rotatable bonds is 5. The van der Waals surface area contributed by atoms with Crippen molar-refractivity contribution < 1.29 is 27.1 Å². The zero-order valence-electron chi connectivity index (χ0n) is 17.0. The SMILES string of the molecule is CN(CCN1CCOCC1)C(=O)c1ccc2oc(-c3ccc(C(F)(F)F)cc3)nc2c1. The number of alkyl halides is 3. The van der Waals surface area contributed by atoms with E-state index in [9.17, 15) is 18.0 Å². The van der Waals surface area contributed by atoms with Crippen molar-refractivity contribution in [2.75, 3.05) is 46.4 Å². The lowest BCUT2D eigenvalue weighted by molar-refractivity contribution is -0.137. The Balaban J connectivity index is 1.47. The largest absolute Gasteiger partial charge is 0.436 e. The fraction of sp³-hybridized carbons (Fsp3) is 0.364. The van der Waals surface area contributed by atoms with Crippen LogP contribution in [0.25, 0.3) is 22.6 Å². The average molecular weight is 433 g/mol. The topological polar surface area (TPSA) is 58.8 Å². The van der Waals surface area contributed by atoms with E-state index >= 15 is 0 Å². The minimum Gasteiger partial charge on any atom is -0.436 e. The molecular formula is C22H22F3N3O3. The Labute approximate surface area is 177 Å². The number of halogens is 3. The second kappa shape index (κ2) is 8.68. The molecule has 31 heavy (non-hydrogen) atoms. The lowest BCUT2D eigenvalue weighted by Gasteiger charge is -2.28. The van der Waals surface area contributed by atoms with Gasteiger partial charge in [0.15, 0.2) is 5.58 Å². The van der Waals surface area contributed by atoms with Crippen LogP contribution in [-0.2, 0) is 10.9 Å². The molecule has 1 aliphatic rings. The van der Waals surface area contributed by atoms with Crippen LogP contribution in [0.4, 0.5) is 13.2 Å². The summed E-state index contributed by atoms with van der Waals surface area (Å²) in [5.41, 5.74) is 1.11. The summed E-state index contributed by atoms with van der Waals surface area (Å²) in [5, 5.41) is 0. The van der Waals surface area contributed by atoms with E-state index in [1.165, 1.54) is 12.1 Å². The highest BCUT2D eigenvalue weighted by molar-refractivity contribution is 5.97. The van der Waals surface area contributed by atoms with Gasteiger partial charge in [-0.1, -0.05) is 0 Å². The number of nitrogens with zero attached hydrogens (tertiary/aromatic N) is 3. The van der Waals surface area contributed by atoms with Gasteiger partial charge in [0.2, 0.25) is 5.89 Å². The van der Waals surface area contributed by atoms with Gasteiger partial charge in [0.05, 0.1) is 18.8 Å². The van der Waals surface area contributed by atoms with Gasteiger partial charge >= 0.3 is 6.18 Å². The molecule has 0 aliphatic carbocycles. The number of aromatic nitrogens is 1. The third-order valence-corrected chi connectivity index (χ3v) is 5.30. The van der Waals surface area contributed by atoms with E-state index in [1.54, 1.807) is 30.1 Å². The van der Waals surface area contributed by atoms with Gasteiger partial charge in [-0.3, -0.25) is 9.69 Å². The molecule has 0 bridgehead atoms. The lowest BCUT2D eigenvalue weighted by Crippen LogP contribution is -2.41. The smallest absolute Gasteiger partial charge is 0.416 e. The fourth-order valence-corrected chi connectivity index (χ4v) is 3.42. The minimum atomic E-state index is -4.40. The Kier molecular flexibility index (Phi) is 5.97. The van der Waals surface area contributed by atoms with Gasteiger partial charge in [-0.15, -0.1) is 0 Å². The highest BCUT2D eigenvalue weighted by Gasteiger charge is 2.30. The molecule has 1 aromatic heterocycles. The molecule has 0 atom stereocenters. The predicted octanol–water partition coefficient (Wildman–Crippen LogP) is 3.92. The summed E-state index contributed by atoms with van der Waals surface area (Å²) in [4.78, 5) is 21.1. The molecule has 0 saturated carbocycles. The monoisotopic (exact) mass is 433 g/mol. The van der Waals surface area contributed by atoms with Crippen LogP contribution in [0.2, 0.25) is 0 Å². The molecule has 2 heterocycles. The van der Waals surface area contributed by atoms with Crippen molar-refractivity contribution in [2.24, 2.45) is 0 Å². The van der Waals surface area contributed by atoms with Gasteiger partial charge in [0, 0.05) is 44.4 Å². The van der Waals surface area contributed by atoms with E-state index in [2.05, 4.69) is 9.88 Å². The number of fused-ring (bicyclic) bond motifs is 1. The molecule has 9 heteroatoms. The standard InChI is InChI=1S/C22H22F3N3O3/c1-27(8-9-28-10-12-30-13-11-28)21(29)16-4-7-19-18(14-16)26-20(31-19)15-2-5-17(6-3-15)22(23,24)25/h2-7,14H,8-13H2,1H3. The van der Waals surface area contributed by atoms with E-state index in [0.29, 0.717) is 42.0 Å². The summed E-state index contributed by atoms with van der Waals surface area (Å²) in [6.45, 7) is 4.51. The predicted molar refractivity (Wildman–Crippen MR) is 109 cm³/mol. The molecule has 164 valence electrons. The van der Waals surface area contributed by atoms with Crippen molar-refractivity contribution in [2.45, 2.75) is 6.18 Å². The first-order valence-electron chi connectivity index (χ1n) is 9.95. The second-order valence-corrected chi connectivity index (χ2v) is 7.46. The summed E-state index contributed by atoms with van der Waals surface area (Å²) in [6.07, 6.45) is -4.40. The van der Waals surface area contributed by atoms with Crippen molar-refractivity contribution in [3.8, 4) is 11.5 Å². The summed E-state index contributed by atoms with van der Waals surface area (Å²) in [5.74, 6) is 0.0724. The van der Waals surface area contributed by atoms with Gasteiger partial charge in [-0.2, -0.15) is 13.2 Å². The van der Waals surface area contributed by atoms with Gasteiger partial charge in [0.1, 0.15) is 5.52 Å². The number of ether oxygens (including phenoxy) is 1. The van der Waals surface area contributed by atoms with Gasteiger partial charge in [-0.25, -0.2) is 4.98 Å². The van der Waals surface area contributed by atoms with E-state index < -0.39 is 11.7 Å². The molecule has 0 N–H and O–H groups in total. The van der Waals surface area contributed by atoms with Gasteiger partial charge in [-0.05, 0) is 42.5 Å². The van der Waals surface area contributed by atoms with Crippen LogP contribution >= 0.6 is 0 Å². The zero-order chi connectivity index (χ0) is 22.0. The zero-order valence-corrected chi connectivity index (χ0v) is 17.0. The third kappa shape index (κ3) is 4.88. The Morgan fingerprint density at radius 2 is 1.84 bits per heavy atom. The van der Waals surface area contributed by atoms with Gasteiger partial charge < -0.3 is 14.1 Å². The number of oxazole rings is 1. The molecule has 6 nitrogen and oxygen atoms in total. The molecule has 3 aromatic rings. The van der Waals surface area contributed by atoms with Crippen molar-refractivity contribution in [1.29, 1.82) is 0 Å². The Bertz CT molecular complexity index is 1060. The molecular weight excluding hydrogens is 411 g/mol. The summed E-state index contributed by atoms with van der Waals surface area (Å²) in [7, 11) is 1.75. The van der Waals surface area contributed by atoms with Crippen LogP contribution in [0.15, 0.2) is 46.9 Å². The number of carbonyl (C=O) groups is 1. The summed E-state index contributed by atoms with van der Waals surface area (Å²) >= 11 is 0. The highest BCUT2D eigenvalue weighted by Crippen LogP contribution is 2.31. The molecule has 1 fully saturated rings. The number of likely N-dealkylation sites (N-methyl/N-ethyl adjacent to an activating group) is 1. The van der Waals surface area contributed by atoms with Gasteiger partial charge in [0.25, 0.3) is 5.91 Å². The van der Waals surface area contributed by atoms with Crippen molar-refractivity contribution >= 4 is 17.0 Å². The van der Waals surface area contributed by atoms with Crippen molar-refractivity contribution in [3.63, 3.8) is 0 Å². The second-order valence-electron chi connectivity index (χ2n) is 7.46. The minimum absolute atomic E-state index is 0.130. The Morgan fingerprint density at radius 1 is 1.13 bits per heavy atom. The van der Waals surface area contributed by atoms with Crippen LogP contribution in [0.5, 0.6) is 0 Å². The van der Waals surface area contributed by atoms with Crippen LogP contribution < -0.4 is 0 Å². The first kappa shape index (κ1) is 21.3. The summed E-state index contributed by atoms with van der Waals surface area (Å²) < 4.78 is 49.3. The number of morpholine rings is 1. The third-order valence-electron chi connectivity index (χ3n) is 5.30. The Hall–Kier alpha value is -2.91. The molecule has 0 spiro atoms. The average Bonchev–Trinajstić information content (AvgIpc) is 3.20. The maximum absolute atomic E-state index is 12.8. The quantitative estimate of drug-likeness (QED) is 0.611. The summed E-state index contributed by atoms with van der Waals surface area (Å²) in [6, 6.07) is 9.57. The first-order chi connectivity index (χ1) is 14.8. The number of benzene rings is 2. The molecule has 4 rings (SSSR count). The Morgan fingerprint density at radius 3 is 2.52 bits per heavy atom. The van der Waals surface area contributed by atoms with Crippen LogP contribution in [0, 0.1) is 0 Å². The first-order valence-corrected chi connectivity index (χ1v) is 9.95. The van der Waals surface area contributed by atoms with Crippen molar-refractivity contribution in [1.82, 2.24) is 14.8 Å². The van der Waals surface area contributed by atoms with E-state index in [0.717, 1.165) is 31.8 Å². The fourth-order valence-electron chi connectivity index (χ4n) is 3.42. The van der Waals surface area contributed by atoms with Crippen molar-refractivity contribution in [3.05, 3.63) is 53.6 Å². The number of hydrogen-bond donors (Lipinski definition) is 0. The normalized spacial score (nSPS) is 15.4. The number of carbonyl (C=O) groups excluding carboxylic acids is 1. The van der Waals surface area contributed by atoms with E-state index in [1.807, 2.05) is 0 Å². The van der Waals surface area contributed by atoms with Crippen LogP contribution in [-0.4, -0.2) is 67.1 Å². The molecule has 1 amide bonds. The number of amides is 1. The molecule has 1 aliphatic heterocycles. The van der Waals surface area contributed by atoms with E-state index in [-0.39, 0.29) is 11.8 Å². The molecule has 0 radical (unpaired) electrons. The molecule has 1 saturated heterocycles. The number of hydrogen-bond acceptors (Lipinski definition) is 5. The molecule has 2 aromatic carbocycles. The van der Waals surface area contributed by atoms with E-state index in [4.69, 9.17) is 9.15 Å². The lowest BCUT2D eigenvalue weighted by atomic mass is 10.1. The molecule has 0 unspecified atom stereocenters.